The standard InChI is InChI=1S/C14H27N5O2.HI/c1-10(2)13-18-12(21-19-13)7-6-8-16-14(15-4)17-11(3)9-20-5;/h10-11H,6-9H2,1-5H3,(H2,15,16,17);1H. The first-order valence-corrected chi connectivity index (χ1v) is 7.35. The van der Waals surface area contributed by atoms with Crippen LogP contribution in [0.1, 0.15) is 44.8 Å². The molecule has 0 bridgehead atoms. The molecule has 22 heavy (non-hydrogen) atoms. The number of ether oxygens (including phenoxy) is 1. The normalized spacial score (nSPS) is 12.9. The first kappa shape index (κ1) is 21.1. The number of aryl methyl sites for hydroxylation is 1. The lowest BCUT2D eigenvalue weighted by atomic mass is 10.2. The van der Waals surface area contributed by atoms with Gasteiger partial charge in [-0.15, -0.1) is 24.0 Å². The number of guanidine groups is 1. The van der Waals surface area contributed by atoms with E-state index in [0.717, 1.165) is 31.2 Å². The van der Waals surface area contributed by atoms with Crippen LogP contribution < -0.4 is 10.6 Å². The van der Waals surface area contributed by atoms with Crippen LogP contribution in [0.5, 0.6) is 0 Å². The monoisotopic (exact) mass is 425 g/mol. The topological polar surface area (TPSA) is 84.6 Å². The maximum absolute atomic E-state index is 5.20. The molecule has 7 nitrogen and oxygen atoms in total. The van der Waals surface area contributed by atoms with Crippen LogP contribution in [0.15, 0.2) is 9.52 Å². The summed E-state index contributed by atoms with van der Waals surface area (Å²) in [6.45, 7) is 7.57. The zero-order chi connectivity index (χ0) is 15.7. The second-order valence-corrected chi connectivity index (χ2v) is 5.30. The van der Waals surface area contributed by atoms with E-state index in [2.05, 4.69) is 25.8 Å². The van der Waals surface area contributed by atoms with Gasteiger partial charge in [0.1, 0.15) is 0 Å². The molecular formula is C14H28IN5O2. The highest BCUT2D eigenvalue weighted by atomic mass is 127. The lowest BCUT2D eigenvalue weighted by Crippen LogP contribution is -2.44. The van der Waals surface area contributed by atoms with Crippen molar-refractivity contribution in [2.45, 2.75) is 45.6 Å². The van der Waals surface area contributed by atoms with Crippen molar-refractivity contribution in [1.82, 2.24) is 20.8 Å². The van der Waals surface area contributed by atoms with Gasteiger partial charge in [-0.05, 0) is 13.3 Å². The second-order valence-electron chi connectivity index (χ2n) is 5.30. The first-order chi connectivity index (χ1) is 10.1. The van der Waals surface area contributed by atoms with Crippen molar-refractivity contribution < 1.29 is 9.26 Å². The predicted octanol–water partition coefficient (Wildman–Crippen LogP) is 1.94. The number of nitrogens with zero attached hydrogens (tertiary/aromatic N) is 3. The van der Waals surface area contributed by atoms with E-state index in [4.69, 9.17) is 9.26 Å². The molecule has 0 aromatic carbocycles. The Kier molecular flexibility index (Phi) is 11.2. The highest BCUT2D eigenvalue weighted by Gasteiger charge is 2.09. The van der Waals surface area contributed by atoms with Crippen LogP contribution in [0.4, 0.5) is 0 Å². The fourth-order valence-corrected chi connectivity index (χ4v) is 1.77. The number of aliphatic imine (C=N–C) groups is 1. The predicted molar refractivity (Wildman–Crippen MR) is 98.0 cm³/mol. The Morgan fingerprint density at radius 2 is 2.09 bits per heavy atom. The van der Waals surface area contributed by atoms with E-state index >= 15 is 0 Å². The summed E-state index contributed by atoms with van der Waals surface area (Å²) < 4.78 is 10.3. The number of nitrogens with one attached hydrogen (secondary N) is 2. The Morgan fingerprint density at radius 1 is 1.36 bits per heavy atom. The average Bonchev–Trinajstić information content (AvgIpc) is 2.91. The van der Waals surface area contributed by atoms with Gasteiger partial charge >= 0.3 is 0 Å². The molecule has 8 heteroatoms. The van der Waals surface area contributed by atoms with Gasteiger partial charge in [0.25, 0.3) is 0 Å². The third kappa shape index (κ3) is 7.92. The van der Waals surface area contributed by atoms with Gasteiger partial charge in [0.2, 0.25) is 5.89 Å². The Morgan fingerprint density at radius 3 is 2.64 bits per heavy atom. The molecule has 1 aromatic rings. The molecule has 0 aliphatic carbocycles. The number of rotatable bonds is 8. The molecule has 1 heterocycles. The van der Waals surface area contributed by atoms with Crippen LogP contribution in [0.3, 0.4) is 0 Å². The lowest BCUT2D eigenvalue weighted by molar-refractivity contribution is 0.179. The fourth-order valence-electron chi connectivity index (χ4n) is 1.77. The van der Waals surface area contributed by atoms with Crippen molar-refractivity contribution in [3.05, 3.63) is 11.7 Å². The molecule has 1 unspecified atom stereocenters. The van der Waals surface area contributed by atoms with Crippen LogP contribution in [0.2, 0.25) is 0 Å². The van der Waals surface area contributed by atoms with Crippen LogP contribution >= 0.6 is 24.0 Å². The minimum Gasteiger partial charge on any atom is -0.383 e. The van der Waals surface area contributed by atoms with Crippen molar-refractivity contribution in [2.75, 3.05) is 27.3 Å². The first-order valence-electron chi connectivity index (χ1n) is 7.35. The highest BCUT2D eigenvalue weighted by Crippen LogP contribution is 2.10. The number of aromatic nitrogens is 2. The van der Waals surface area contributed by atoms with E-state index in [-0.39, 0.29) is 30.0 Å². The van der Waals surface area contributed by atoms with Crippen LogP contribution in [-0.2, 0) is 11.2 Å². The average molecular weight is 425 g/mol. The molecule has 1 rings (SSSR count). The number of hydrogen-bond donors (Lipinski definition) is 2. The fraction of sp³-hybridized carbons (Fsp3) is 0.786. The maximum Gasteiger partial charge on any atom is 0.226 e. The minimum absolute atomic E-state index is 0. The lowest BCUT2D eigenvalue weighted by Gasteiger charge is -2.16. The zero-order valence-corrected chi connectivity index (χ0v) is 16.4. The third-order valence-electron chi connectivity index (χ3n) is 2.88. The number of halogens is 1. The van der Waals surface area contributed by atoms with Gasteiger partial charge in [-0.1, -0.05) is 19.0 Å². The summed E-state index contributed by atoms with van der Waals surface area (Å²) in [5.74, 6) is 2.53. The Bertz CT molecular complexity index is 437. The van der Waals surface area contributed by atoms with Gasteiger partial charge in [0.05, 0.1) is 6.61 Å². The van der Waals surface area contributed by atoms with Crippen molar-refractivity contribution in [3.8, 4) is 0 Å². The minimum atomic E-state index is 0. The molecule has 0 aliphatic heterocycles. The quantitative estimate of drug-likeness (QED) is 0.287. The summed E-state index contributed by atoms with van der Waals surface area (Å²) in [7, 11) is 3.44. The van der Waals surface area contributed by atoms with E-state index in [1.165, 1.54) is 0 Å². The van der Waals surface area contributed by atoms with E-state index < -0.39 is 0 Å². The summed E-state index contributed by atoms with van der Waals surface area (Å²) in [6.07, 6.45) is 1.66. The molecule has 1 aromatic heterocycles. The Hall–Kier alpha value is -0.900. The Balaban J connectivity index is 0.00000441. The largest absolute Gasteiger partial charge is 0.383 e. The summed E-state index contributed by atoms with van der Waals surface area (Å²) in [5, 5.41) is 10.4. The number of methoxy groups -OCH3 is 1. The van der Waals surface area contributed by atoms with Gasteiger partial charge in [-0.25, -0.2) is 0 Å². The summed E-state index contributed by atoms with van der Waals surface area (Å²) in [5.41, 5.74) is 0. The molecule has 0 fully saturated rings. The third-order valence-corrected chi connectivity index (χ3v) is 2.88. The smallest absolute Gasteiger partial charge is 0.226 e. The van der Waals surface area contributed by atoms with Gasteiger partial charge in [0, 0.05) is 39.1 Å². The van der Waals surface area contributed by atoms with Crippen molar-refractivity contribution in [1.29, 1.82) is 0 Å². The Labute approximate surface area is 149 Å². The molecule has 0 aliphatic rings. The van der Waals surface area contributed by atoms with E-state index in [1.807, 2.05) is 20.8 Å². The molecule has 128 valence electrons. The molecular weight excluding hydrogens is 397 g/mol. The van der Waals surface area contributed by atoms with Crippen LogP contribution in [0, 0.1) is 0 Å². The molecule has 2 N–H and O–H groups in total. The molecule has 0 saturated carbocycles. The summed E-state index contributed by atoms with van der Waals surface area (Å²) in [4.78, 5) is 8.52. The molecule has 0 amide bonds. The molecule has 0 radical (unpaired) electrons. The van der Waals surface area contributed by atoms with Crippen molar-refractivity contribution in [3.63, 3.8) is 0 Å². The molecule has 1 atom stereocenters. The van der Waals surface area contributed by atoms with E-state index in [9.17, 15) is 0 Å². The SMILES string of the molecule is CN=C(NCCCc1nc(C(C)C)no1)NC(C)COC.I. The zero-order valence-electron chi connectivity index (χ0n) is 14.0. The van der Waals surface area contributed by atoms with Gasteiger partial charge in [0.15, 0.2) is 11.8 Å². The highest BCUT2D eigenvalue weighted by molar-refractivity contribution is 14.0. The van der Waals surface area contributed by atoms with Crippen LogP contribution in [0.25, 0.3) is 0 Å². The summed E-state index contributed by atoms with van der Waals surface area (Å²) >= 11 is 0. The summed E-state index contributed by atoms with van der Waals surface area (Å²) in [6, 6.07) is 0.214. The van der Waals surface area contributed by atoms with Gasteiger partial charge in [-0.2, -0.15) is 4.98 Å². The van der Waals surface area contributed by atoms with Crippen molar-refractivity contribution >= 4 is 29.9 Å². The second kappa shape index (κ2) is 11.6. The van der Waals surface area contributed by atoms with E-state index in [0.29, 0.717) is 18.4 Å². The van der Waals surface area contributed by atoms with Crippen LogP contribution in [-0.4, -0.2) is 49.5 Å². The van der Waals surface area contributed by atoms with Gasteiger partial charge in [-0.3, -0.25) is 4.99 Å². The van der Waals surface area contributed by atoms with Crippen molar-refractivity contribution in [2.24, 2.45) is 4.99 Å². The van der Waals surface area contributed by atoms with E-state index in [1.54, 1.807) is 14.2 Å². The van der Waals surface area contributed by atoms with Gasteiger partial charge < -0.3 is 19.9 Å². The molecule has 0 spiro atoms. The number of hydrogen-bond acceptors (Lipinski definition) is 5. The molecule has 0 saturated heterocycles. The maximum atomic E-state index is 5.20.